The second kappa shape index (κ2) is 5.49. The van der Waals surface area contributed by atoms with Crippen LogP contribution in [0.3, 0.4) is 0 Å². The monoisotopic (exact) mass is 290 g/mol. The Morgan fingerprint density at radius 2 is 2.17 bits per heavy atom. The van der Waals surface area contributed by atoms with E-state index in [1.807, 2.05) is 6.07 Å². The van der Waals surface area contributed by atoms with Crippen LogP contribution in [0.4, 0.5) is 0 Å². The van der Waals surface area contributed by atoms with Crippen molar-refractivity contribution in [3.8, 4) is 6.07 Å². The first-order valence-corrected chi connectivity index (χ1v) is 8.65. The molecule has 1 heterocycles. The molecule has 0 spiro atoms. The third-order valence-corrected chi connectivity index (χ3v) is 6.27. The lowest BCUT2D eigenvalue weighted by Gasteiger charge is -2.37. The van der Waals surface area contributed by atoms with Crippen LogP contribution in [0.15, 0.2) is 0 Å². The number of nitrogens with zero attached hydrogens (tertiary/aromatic N) is 2. The summed E-state index contributed by atoms with van der Waals surface area (Å²) in [5.74, 6) is 0.716. The molecule has 1 unspecified atom stereocenters. The van der Waals surface area contributed by atoms with Crippen molar-refractivity contribution in [2.45, 2.75) is 26.1 Å². The van der Waals surface area contributed by atoms with Gasteiger partial charge in [0.05, 0.1) is 6.07 Å². The summed E-state index contributed by atoms with van der Waals surface area (Å²) in [5.41, 5.74) is -1.18. The van der Waals surface area contributed by atoms with Crippen LogP contribution in [-0.2, 0) is 14.6 Å². The van der Waals surface area contributed by atoms with Gasteiger partial charge in [0.25, 0.3) is 0 Å². The Kier molecular flexibility index (Phi) is 4.67. The van der Waals surface area contributed by atoms with Gasteiger partial charge in [0, 0.05) is 23.8 Å². The first-order valence-electron chi connectivity index (χ1n) is 5.78. The molecule has 102 valence electrons. The van der Waals surface area contributed by atoms with E-state index in [1.165, 1.54) is 30.5 Å². The maximum Gasteiger partial charge on any atom is 0.243 e. The number of hydrogen-bond donors (Lipinski definition) is 0. The van der Waals surface area contributed by atoms with Gasteiger partial charge in [-0.2, -0.15) is 17.0 Å². The molecule has 18 heavy (non-hydrogen) atoms. The molecular formula is C11H18N2O3S2. The predicted octanol–water partition coefficient (Wildman–Crippen LogP) is 0.872. The van der Waals surface area contributed by atoms with Crippen molar-refractivity contribution in [2.75, 3.05) is 23.8 Å². The first kappa shape index (κ1) is 15.3. The average Bonchev–Trinajstić information content (AvgIpc) is 2.37. The van der Waals surface area contributed by atoms with Crippen molar-refractivity contribution >= 4 is 27.5 Å². The Hall–Kier alpha value is -0.740. The number of thioether (sulfide) groups is 1. The summed E-state index contributed by atoms with van der Waals surface area (Å²) in [6, 6.07) is 1.94. The molecule has 1 aliphatic rings. The smallest absolute Gasteiger partial charge is 0.243 e. The minimum atomic E-state index is -3.31. The molecular weight excluding hydrogens is 272 g/mol. The number of sulfone groups is 1. The number of carbonyl (C=O) groups excluding carboxylic acids is 1. The maximum atomic E-state index is 12.3. The molecule has 1 atom stereocenters. The van der Waals surface area contributed by atoms with Gasteiger partial charge in [-0.05, 0) is 13.8 Å². The van der Waals surface area contributed by atoms with E-state index in [9.17, 15) is 13.2 Å². The number of hydrogen-bond acceptors (Lipinski definition) is 5. The molecule has 1 rings (SSSR count). The minimum Gasteiger partial charge on any atom is -0.323 e. The van der Waals surface area contributed by atoms with Gasteiger partial charge in [-0.15, -0.1) is 0 Å². The van der Waals surface area contributed by atoms with E-state index in [4.69, 9.17) is 5.26 Å². The fourth-order valence-corrected chi connectivity index (χ4v) is 4.68. The van der Waals surface area contributed by atoms with Gasteiger partial charge in [-0.1, -0.05) is 6.92 Å². The highest BCUT2D eigenvalue weighted by molar-refractivity contribution is 8.01. The van der Waals surface area contributed by atoms with Crippen molar-refractivity contribution in [1.29, 1.82) is 5.26 Å². The molecule has 7 heteroatoms. The lowest BCUT2D eigenvalue weighted by molar-refractivity contribution is -0.138. The first-order chi connectivity index (χ1) is 8.26. The Morgan fingerprint density at radius 3 is 2.67 bits per heavy atom. The number of carbonyl (C=O) groups is 1. The predicted molar refractivity (Wildman–Crippen MR) is 71.7 cm³/mol. The lowest BCUT2D eigenvalue weighted by atomic mass is 9.94. The second-order valence-corrected chi connectivity index (χ2v) is 8.31. The summed E-state index contributed by atoms with van der Waals surface area (Å²) in [5, 5.41) is 8.20. The minimum absolute atomic E-state index is 0.00892. The second-order valence-electron chi connectivity index (χ2n) is 4.72. The van der Waals surface area contributed by atoms with E-state index in [0.717, 1.165) is 0 Å². The summed E-state index contributed by atoms with van der Waals surface area (Å²) < 4.78 is 24.0. The van der Waals surface area contributed by atoms with E-state index >= 15 is 0 Å². The fourth-order valence-electron chi connectivity index (χ4n) is 1.71. The molecule has 0 saturated carbocycles. The summed E-state index contributed by atoms with van der Waals surface area (Å²) in [6.45, 7) is 5.00. The van der Waals surface area contributed by atoms with Gasteiger partial charge >= 0.3 is 0 Å². The van der Waals surface area contributed by atoms with Crippen molar-refractivity contribution in [3.05, 3.63) is 0 Å². The Balaban J connectivity index is 3.05. The van der Waals surface area contributed by atoms with Crippen LogP contribution in [-0.4, -0.2) is 48.4 Å². The molecule has 0 N–H and O–H groups in total. The Bertz CT molecular complexity index is 465. The van der Waals surface area contributed by atoms with Gasteiger partial charge in [0.15, 0.2) is 9.84 Å². The van der Waals surface area contributed by atoms with Crippen molar-refractivity contribution in [1.82, 2.24) is 4.90 Å². The van der Waals surface area contributed by atoms with Gasteiger partial charge in [-0.3, -0.25) is 4.79 Å². The van der Waals surface area contributed by atoms with Gasteiger partial charge in [0.2, 0.25) is 5.91 Å². The molecule has 1 saturated heterocycles. The van der Waals surface area contributed by atoms with Crippen LogP contribution in [0, 0.1) is 16.7 Å². The molecule has 0 aromatic carbocycles. The van der Waals surface area contributed by atoms with Crippen LogP contribution in [0.1, 0.15) is 20.8 Å². The largest absolute Gasteiger partial charge is 0.323 e. The van der Waals surface area contributed by atoms with Gasteiger partial charge < -0.3 is 4.90 Å². The van der Waals surface area contributed by atoms with Gasteiger partial charge in [0.1, 0.15) is 10.8 Å². The topological polar surface area (TPSA) is 78.2 Å². The highest BCUT2D eigenvalue weighted by Crippen LogP contribution is 2.27. The zero-order valence-corrected chi connectivity index (χ0v) is 12.5. The molecule has 0 bridgehead atoms. The van der Waals surface area contributed by atoms with Gasteiger partial charge in [-0.25, -0.2) is 8.42 Å². The van der Waals surface area contributed by atoms with Crippen molar-refractivity contribution < 1.29 is 13.2 Å². The highest BCUT2D eigenvalue weighted by Gasteiger charge is 2.41. The van der Waals surface area contributed by atoms with Crippen LogP contribution >= 0.6 is 11.8 Å². The van der Waals surface area contributed by atoms with Crippen molar-refractivity contribution in [3.63, 3.8) is 0 Å². The SMILES string of the molecule is CCS(=O)(=O)C1CSCCN1C(=O)C(C)(C)C#N. The van der Waals surface area contributed by atoms with Crippen LogP contribution in [0.5, 0.6) is 0 Å². The zero-order chi connectivity index (χ0) is 14.0. The Morgan fingerprint density at radius 1 is 1.56 bits per heavy atom. The molecule has 5 nitrogen and oxygen atoms in total. The molecule has 1 fully saturated rings. The molecule has 1 amide bonds. The number of nitriles is 1. The fraction of sp³-hybridized carbons (Fsp3) is 0.818. The quantitative estimate of drug-likeness (QED) is 0.770. The normalized spacial score (nSPS) is 21.4. The summed E-state index contributed by atoms with van der Waals surface area (Å²) in [7, 11) is -3.31. The van der Waals surface area contributed by atoms with E-state index < -0.39 is 26.5 Å². The van der Waals surface area contributed by atoms with E-state index in [0.29, 0.717) is 18.1 Å². The standard InChI is InChI=1S/C11H18N2O3S2/c1-4-18(15,16)9-7-17-6-5-13(9)10(14)11(2,3)8-12/h9H,4-7H2,1-3H3. The highest BCUT2D eigenvalue weighted by atomic mass is 32.2. The third kappa shape index (κ3) is 2.98. The summed E-state index contributed by atoms with van der Waals surface area (Å²) >= 11 is 1.53. The van der Waals surface area contributed by atoms with E-state index in [-0.39, 0.29) is 5.75 Å². The number of amides is 1. The molecule has 0 aliphatic carbocycles. The molecule has 0 radical (unpaired) electrons. The zero-order valence-electron chi connectivity index (χ0n) is 10.8. The lowest BCUT2D eigenvalue weighted by Crippen LogP contribution is -2.54. The number of rotatable bonds is 3. The average molecular weight is 290 g/mol. The molecule has 0 aromatic rings. The summed E-state index contributed by atoms with van der Waals surface area (Å²) in [4.78, 5) is 13.6. The maximum absolute atomic E-state index is 12.3. The summed E-state index contributed by atoms with van der Waals surface area (Å²) in [6.07, 6.45) is 0. The molecule has 1 aliphatic heterocycles. The van der Waals surface area contributed by atoms with Crippen molar-refractivity contribution in [2.24, 2.45) is 5.41 Å². The van der Waals surface area contributed by atoms with Crippen LogP contribution in [0.2, 0.25) is 0 Å². The van der Waals surface area contributed by atoms with Crippen LogP contribution < -0.4 is 0 Å². The Labute approximate surface area is 112 Å². The van der Waals surface area contributed by atoms with E-state index in [1.54, 1.807) is 6.92 Å². The third-order valence-electron chi connectivity index (χ3n) is 2.98. The van der Waals surface area contributed by atoms with Crippen LogP contribution in [0.25, 0.3) is 0 Å². The molecule has 0 aromatic heterocycles. The van der Waals surface area contributed by atoms with E-state index in [2.05, 4.69) is 0 Å².